The van der Waals surface area contributed by atoms with E-state index in [1.54, 1.807) is 11.3 Å². The zero-order chi connectivity index (χ0) is 21.4. The Bertz CT molecular complexity index is 1210. The Balaban J connectivity index is 1.27. The fourth-order valence-corrected chi connectivity index (χ4v) is 4.93. The zero-order valence-electron chi connectivity index (χ0n) is 17.1. The molecule has 0 aliphatic carbocycles. The summed E-state index contributed by atoms with van der Waals surface area (Å²) in [5.41, 5.74) is 3.34. The molecule has 0 saturated carbocycles. The second-order valence-electron chi connectivity index (χ2n) is 7.72. The lowest BCUT2D eigenvalue weighted by Crippen LogP contribution is -2.44. The molecule has 1 saturated heterocycles. The van der Waals surface area contributed by atoms with Gasteiger partial charge in [-0.3, -0.25) is 4.79 Å². The van der Waals surface area contributed by atoms with Gasteiger partial charge in [0.05, 0.1) is 16.1 Å². The number of aryl methyl sites for hydroxylation is 1. The molecule has 0 radical (unpaired) electrons. The quantitative estimate of drug-likeness (QED) is 0.518. The average Bonchev–Trinajstić information content (AvgIpc) is 3.36. The van der Waals surface area contributed by atoms with Crippen LogP contribution in [0.4, 0.5) is 9.52 Å². The number of hydrogen-bond acceptors (Lipinski definition) is 5. The number of benzene rings is 2. The van der Waals surface area contributed by atoms with Crippen LogP contribution >= 0.6 is 11.3 Å². The third-order valence-corrected chi connectivity index (χ3v) is 6.80. The van der Waals surface area contributed by atoms with Gasteiger partial charge in [-0.25, -0.2) is 9.07 Å². The predicted molar refractivity (Wildman–Crippen MR) is 121 cm³/mol. The maximum Gasteiger partial charge on any atom is 0.251 e. The summed E-state index contributed by atoms with van der Waals surface area (Å²) in [5, 5.41) is 8.72. The Morgan fingerprint density at radius 3 is 2.52 bits per heavy atom. The third kappa shape index (κ3) is 3.90. The molecule has 1 amide bonds. The zero-order valence-corrected chi connectivity index (χ0v) is 17.9. The molecule has 0 spiro atoms. The lowest BCUT2D eigenvalue weighted by Gasteiger charge is -2.32. The second kappa shape index (κ2) is 8.11. The van der Waals surface area contributed by atoms with Gasteiger partial charge < -0.3 is 10.2 Å². The van der Waals surface area contributed by atoms with E-state index in [1.807, 2.05) is 41.9 Å². The topological polar surface area (TPSA) is 63.1 Å². The van der Waals surface area contributed by atoms with Crippen LogP contribution in [0.25, 0.3) is 16.0 Å². The first-order chi connectivity index (χ1) is 15.1. The van der Waals surface area contributed by atoms with E-state index in [0.717, 1.165) is 52.8 Å². The van der Waals surface area contributed by atoms with E-state index in [4.69, 9.17) is 4.98 Å². The number of nitrogens with zero attached hydrogens (tertiary/aromatic N) is 4. The number of para-hydroxylation sites is 1. The monoisotopic (exact) mass is 435 g/mol. The number of amides is 1. The van der Waals surface area contributed by atoms with E-state index in [-0.39, 0.29) is 17.8 Å². The van der Waals surface area contributed by atoms with Crippen molar-refractivity contribution in [2.45, 2.75) is 25.8 Å². The Kier molecular flexibility index (Phi) is 5.15. The second-order valence-corrected chi connectivity index (χ2v) is 8.70. The first kappa shape index (κ1) is 19.7. The van der Waals surface area contributed by atoms with Crippen molar-refractivity contribution >= 4 is 32.7 Å². The van der Waals surface area contributed by atoms with Crippen LogP contribution in [0.2, 0.25) is 0 Å². The summed E-state index contributed by atoms with van der Waals surface area (Å²) in [7, 11) is 0. The maximum atomic E-state index is 13.1. The number of aromatic nitrogens is 3. The highest BCUT2D eigenvalue weighted by Crippen LogP contribution is 2.33. The van der Waals surface area contributed by atoms with E-state index >= 15 is 0 Å². The van der Waals surface area contributed by atoms with Crippen molar-refractivity contribution in [3.63, 3.8) is 0 Å². The summed E-state index contributed by atoms with van der Waals surface area (Å²) in [6.45, 7) is 3.66. The number of nitrogens with one attached hydrogen (secondary N) is 1. The largest absolute Gasteiger partial charge is 0.349 e. The number of carbonyl (C=O) groups excluding carboxylic acids is 1. The van der Waals surface area contributed by atoms with Gasteiger partial charge in [0.25, 0.3) is 5.91 Å². The highest BCUT2D eigenvalue weighted by molar-refractivity contribution is 7.22. The molecule has 1 fully saturated rings. The number of piperidine rings is 1. The molecule has 0 bridgehead atoms. The van der Waals surface area contributed by atoms with Gasteiger partial charge in [-0.05, 0) is 56.2 Å². The smallest absolute Gasteiger partial charge is 0.251 e. The van der Waals surface area contributed by atoms with Crippen LogP contribution in [0, 0.1) is 12.7 Å². The van der Waals surface area contributed by atoms with E-state index in [0.29, 0.717) is 5.56 Å². The summed E-state index contributed by atoms with van der Waals surface area (Å²) < 4.78 is 16.1. The number of carbonyl (C=O) groups is 1. The molecule has 8 heteroatoms. The van der Waals surface area contributed by atoms with Crippen molar-refractivity contribution in [1.82, 2.24) is 20.1 Å². The fourth-order valence-electron chi connectivity index (χ4n) is 3.89. The summed E-state index contributed by atoms with van der Waals surface area (Å²) in [6, 6.07) is 15.8. The molecule has 3 heterocycles. The minimum Gasteiger partial charge on any atom is -0.349 e. The Morgan fingerprint density at radius 2 is 1.81 bits per heavy atom. The molecule has 1 N–H and O–H groups in total. The van der Waals surface area contributed by atoms with Crippen LogP contribution < -0.4 is 10.2 Å². The highest BCUT2D eigenvalue weighted by Gasteiger charge is 2.25. The normalized spacial score (nSPS) is 14.8. The molecular weight excluding hydrogens is 413 g/mol. The molecule has 2 aromatic heterocycles. The van der Waals surface area contributed by atoms with Gasteiger partial charge in [-0.1, -0.05) is 29.5 Å². The molecule has 6 nitrogen and oxygen atoms in total. The lowest BCUT2D eigenvalue weighted by molar-refractivity contribution is 0.0931. The summed E-state index contributed by atoms with van der Waals surface area (Å²) >= 11 is 1.67. The van der Waals surface area contributed by atoms with Gasteiger partial charge in [0.2, 0.25) is 0 Å². The number of hydrogen-bond donors (Lipinski definition) is 1. The van der Waals surface area contributed by atoms with Crippen LogP contribution in [-0.4, -0.2) is 39.8 Å². The fraction of sp³-hybridized carbons (Fsp3) is 0.261. The number of thiazole rings is 1. The average molecular weight is 436 g/mol. The number of fused-ring (bicyclic) bond motifs is 1. The predicted octanol–water partition coefficient (Wildman–Crippen LogP) is 4.33. The van der Waals surface area contributed by atoms with Gasteiger partial charge >= 0.3 is 0 Å². The third-order valence-electron chi connectivity index (χ3n) is 5.59. The summed E-state index contributed by atoms with van der Waals surface area (Å²) in [4.78, 5) is 19.6. The van der Waals surface area contributed by atoms with Crippen molar-refractivity contribution in [3.8, 4) is 5.69 Å². The molecule has 0 unspecified atom stereocenters. The Morgan fingerprint density at radius 1 is 1.10 bits per heavy atom. The minimum absolute atomic E-state index is 0.102. The minimum atomic E-state index is -0.341. The lowest BCUT2D eigenvalue weighted by atomic mass is 10.0. The van der Waals surface area contributed by atoms with E-state index in [2.05, 4.69) is 15.3 Å². The van der Waals surface area contributed by atoms with Crippen LogP contribution in [-0.2, 0) is 0 Å². The van der Waals surface area contributed by atoms with Crippen molar-refractivity contribution in [1.29, 1.82) is 0 Å². The SMILES string of the molecule is Cc1nn(-c2ccccc2)c2nc(N3CCC(NC(=O)c4ccc(F)cc4)CC3)sc12. The Labute approximate surface area is 183 Å². The summed E-state index contributed by atoms with van der Waals surface area (Å²) in [5.74, 6) is -0.497. The van der Waals surface area contributed by atoms with Crippen LogP contribution in [0.15, 0.2) is 54.6 Å². The number of halogens is 1. The molecule has 5 rings (SSSR count). The first-order valence-electron chi connectivity index (χ1n) is 10.3. The number of anilines is 1. The van der Waals surface area contributed by atoms with E-state index in [1.165, 1.54) is 24.3 Å². The van der Waals surface area contributed by atoms with Crippen LogP contribution in [0.5, 0.6) is 0 Å². The molecule has 2 aromatic carbocycles. The molecule has 31 heavy (non-hydrogen) atoms. The van der Waals surface area contributed by atoms with Gasteiger partial charge in [0.1, 0.15) is 5.82 Å². The molecule has 1 aliphatic rings. The molecule has 4 aromatic rings. The van der Waals surface area contributed by atoms with Gasteiger partial charge in [0, 0.05) is 24.7 Å². The molecular formula is C23H22FN5OS. The van der Waals surface area contributed by atoms with Crippen molar-refractivity contribution < 1.29 is 9.18 Å². The highest BCUT2D eigenvalue weighted by atomic mass is 32.1. The standard InChI is InChI=1S/C23H22FN5OS/c1-15-20-21(29(27-15)19-5-3-2-4-6-19)26-23(31-20)28-13-11-18(12-14-28)25-22(30)16-7-9-17(24)10-8-16/h2-10,18H,11-14H2,1H3,(H,25,30). The van der Waals surface area contributed by atoms with E-state index in [9.17, 15) is 9.18 Å². The Hall–Kier alpha value is -3.26. The maximum absolute atomic E-state index is 13.1. The molecule has 1 aliphatic heterocycles. The van der Waals surface area contributed by atoms with Crippen molar-refractivity contribution in [2.24, 2.45) is 0 Å². The van der Waals surface area contributed by atoms with Gasteiger partial charge in [-0.15, -0.1) is 0 Å². The summed E-state index contributed by atoms with van der Waals surface area (Å²) in [6.07, 6.45) is 1.68. The van der Waals surface area contributed by atoms with Crippen LogP contribution in [0.1, 0.15) is 28.9 Å². The van der Waals surface area contributed by atoms with E-state index < -0.39 is 0 Å². The van der Waals surface area contributed by atoms with Crippen molar-refractivity contribution in [2.75, 3.05) is 18.0 Å². The number of rotatable bonds is 4. The van der Waals surface area contributed by atoms with Crippen LogP contribution in [0.3, 0.4) is 0 Å². The molecule has 0 atom stereocenters. The van der Waals surface area contributed by atoms with Crippen molar-refractivity contribution in [3.05, 3.63) is 71.7 Å². The molecule has 158 valence electrons. The first-order valence-corrected chi connectivity index (χ1v) is 11.1. The van der Waals surface area contributed by atoms with Gasteiger partial charge in [0.15, 0.2) is 10.8 Å². The van der Waals surface area contributed by atoms with Gasteiger partial charge in [-0.2, -0.15) is 10.1 Å².